The van der Waals surface area contributed by atoms with Gasteiger partial charge in [0, 0.05) is 0 Å². The summed E-state index contributed by atoms with van der Waals surface area (Å²) in [6.45, 7) is 2.65. The quantitative estimate of drug-likeness (QED) is 0.383. The van der Waals surface area contributed by atoms with E-state index in [1.165, 1.54) is 10.7 Å². The number of aromatic nitrogens is 3. The van der Waals surface area contributed by atoms with Crippen molar-refractivity contribution in [2.24, 2.45) is 0 Å². The normalized spacial score (nSPS) is 11.6. The zero-order valence-electron chi connectivity index (χ0n) is 16.8. The molecule has 1 heterocycles. The lowest BCUT2D eigenvalue weighted by molar-refractivity contribution is -0.137. The minimum absolute atomic E-state index is 0.202. The number of benzene rings is 3. The highest BCUT2D eigenvalue weighted by Crippen LogP contribution is 2.30. The van der Waals surface area contributed by atoms with Crippen LogP contribution in [0.4, 0.5) is 13.2 Å². The Balaban J connectivity index is 1.42. The summed E-state index contributed by atoms with van der Waals surface area (Å²) in [7, 11) is 0. The molecule has 158 valence electrons. The first kappa shape index (κ1) is 20.8. The zero-order valence-corrected chi connectivity index (χ0v) is 16.8. The van der Waals surface area contributed by atoms with Gasteiger partial charge in [-0.2, -0.15) is 13.2 Å². The van der Waals surface area contributed by atoms with Crippen molar-refractivity contribution in [1.82, 2.24) is 15.0 Å². The Morgan fingerprint density at radius 1 is 0.903 bits per heavy atom. The fourth-order valence-corrected chi connectivity index (χ4v) is 3.35. The van der Waals surface area contributed by atoms with E-state index in [-0.39, 0.29) is 6.61 Å². The maximum absolute atomic E-state index is 12.9. The van der Waals surface area contributed by atoms with E-state index in [1.54, 1.807) is 12.3 Å². The van der Waals surface area contributed by atoms with Crippen LogP contribution in [0.3, 0.4) is 0 Å². The fourth-order valence-electron chi connectivity index (χ4n) is 3.35. The zero-order chi connectivity index (χ0) is 21.8. The molecule has 0 aliphatic heterocycles. The van der Waals surface area contributed by atoms with Crippen molar-refractivity contribution in [2.45, 2.75) is 26.3 Å². The van der Waals surface area contributed by atoms with Gasteiger partial charge in [0.05, 0.1) is 30.7 Å². The average Bonchev–Trinajstić information content (AvgIpc) is 3.24. The molecule has 31 heavy (non-hydrogen) atoms. The van der Waals surface area contributed by atoms with E-state index < -0.39 is 11.7 Å². The third-order valence-corrected chi connectivity index (χ3v) is 5.02. The standard InChI is InChI=1S/C24H20F3N3O/c1-17-19(9-5-12-23(17)18-7-3-2-4-8-18)15-31-16-21-14-30(29-28-21)22-11-6-10-20(13-22)24(25,26)27/h2-14H,15-16H2,1H3. The molecule has 0 saturated heterocycles. The summed E-state index contributed by atoms with van der Waals surface area (Å²) in [5, 5.41) is 7.94. The van der Waals surface area contributed by atoms with Gasteiger partial charge in [-0.1, -0.05) is 59.8 Å². The van der Waals surface area contributed by atoms with Gasteiger partial charge >= 0.3 is 6.18 Å². The molecule has 4 rings (SSSR count). The Labute approximate surface area is 177 Å². The molecule has 0 amide bonds. The molecule has 0 unspecified atom stereocenters. The van der Waals surface area contributed by atoms with Crippen molar-refractivity contribution < 1.29 is 17.9 Å². The van der Waals surface area contributed by atoms with Crippen molar-refractivity contribution in [1.29, 1.82) is 0 Å². The summed E-state index contributed by atoms with van der Waals surface area (Å²) in [5.74, 6) is 0. The molecule has 7 heteroatoms. The summed E-state index contributed by atoms with van der Waals surface area (Å²) >= 11 is 0. The topological polar surface area (TPSA) is 39.9 Å². The summed E-state index contributed by atoms with van der Waals surface area (Å²) < 4.78 is 45.9. The monoisotopic (exact) mass is 423 g/mol. The lowest BCUT2D eigenvalue weighted by Gasteiger charge is -2.11. The molecule has 0 fully saturated rings. The maximum atomic E-state index is 12.9. The third kappa shape index (κ3) is 4.83. The van der Waals surface area contributed by atoms with E-state index in [0.29, 0.717) is 18.0 Å². The van der Waals surface area contributed by atoms with Crippen LogP contribution in [-0.4, -0.2) is 15.0 Å². The van der Waals surface area contributed by atoms with Crippen LogP contribution in [0, 0.1) is 6.92 Å². The largest absolute Gasteiger partial charge is 0.416 e. The number of alkyl halides is 3. The van der Waals surface area contributed by atoms with Crippen LogP contribution in [0.1, 0.15) is 22.4 Å². The lowest BCUT2D eigenvalue weighted by Crippen LogP contribution is -2.06. The molecule has 0 spiro atoms. The highest BCUT2D eigenvalue weighted by molar-refractivity contribution is 5.68. The van der Waals surface area contributed by atoms with E-state index in [0.717, 1.165) is 34.4 Å². The minimum Gasteiger partial charge on any atom is -0.370 e. The Morgan fingerprint density at radius 3 is 2.45 bits per heavy atom. The summed E-state index contributed by atoms with van der Waals surface area (Å²) in [6, 6.07) is 21.2. The van der Waals surface area contributed by atoms with Crippen molar-refractivity contribution in [3.8, 4) is 16.8 Å². The summed E-state index contributed by atoms with van der Waals surface area (Å²) in [4.78, 5) is 0. The van der Waals surface area contributed by atoms with E-state index in [1.807, 2.05) is 30.3 Å². The molecule has 0 aliphatic carbocycles. The molecule has 0 radical (unpaired) electrons. The number of nitrogens with zero attached hydrogens (tertiary/aromatic N) is 3. The Kier molecular flexibility index (Phi) is 5.86. The smallest absolute Gasteiger partial charge is 0.370 e. The Bertz CT molecular complexity index is 1170. The first-order valence-corrected chi connectivity index (χ1v) is 9.72. The van der Waals surface area contributed by atoms with Crippen LogP contribution >= 0.6 is 0 Å². The lowest BCUT2D eigenvalue weighted by atomic mass is 9.97. The molecule has 4 nitrogen and oxygen atoms in total. The fraction of sp³-hybridized carbons (Fsp3) is 0.167. The third-order valence-electron chi connectivity index (χ3n) is 5.02. The van der Waals surface area contributed by atoms with Crippen molar-refractivity contribution in [3.63, 3.8) is 0 Å². The first-order chi connectivity index (χ1) is 14.9. The van der Waals surface area contributed by atoms with Gasteiger partial charge < -0.3 is 4.74 Å². The van der Waals surface area contributed by atoms with Gasteiger partial charge in [0.2, 0.25) is 0 Å². The van der Waals surface area contributed by atoms with Crippen molar-refractivity contribution in [2.75, 3.05) is 0 Å². The predicted octanol–water partition coefficient (Wildman–Crippen LogP) is 5.98. The van der Waals surface area contributed by atoms with Crippen LogP contribution in [0.2, 0.25) is 0 Å². The Morgan fingerprint density at radius 2 is 1.68 bits per heavy atom. The van der Waals surface area contributed by atoms with E-state index in [4.69, 9.17) is 4.74 Å². The van der Waals surface area contributed by atoms with Crippen LogP contribution in [0.5, 0.6) is 0 Å². The SMILES string of the molecule is Cc1c(COCc2cn(-c3cccc(C(F)(F)F)c3)nn2)cccc1-c1ccccc1. The van der Waals surface area contributed by atoms with E-state index in [9.17, 15) is 13.2 Å². The molecular formula is C24H20F3N3O. The summed E-state index contributed by atoms with van der Waals surface area (Å²) in [5.41, 5.74) is 4.59. The van der Waals surface area contributed by atoms with Gasteiger partial charge in [-0.15, -0.1) is 5.10 Å². The second kappa shape index (κ2) is 8.73. The van der Waals surface area contributed by atoms with E-state index >= 15 is 0 Å². The van der Waals surface area contributed by atoms with Crippen molar-refractivity contribution in [3.05, 3.63) is 101 Å². The molecular weight excluding hydrogens is 403 g/mol. The van der Waals surface area contributed by atoms with Gasteiger partial charge in [0.1, 0.15) is 5.69 Å². The maximum Gasteiger partial charge on any atom is 0.416 e. The molecule has 3 aromatic carbocycles. The first-order valence-electron chi connectivity index (χ1n) is 9.72. The van der Waals surface area contributed by atoms with Gasteiger partial charge in [-0.05, 0) is 47.4 Å². The highest BCUT2D eigenvalue weighted by atomic mass is 19.4. The summed E-state index contributed by atoms with van der Waals surface area (Å²) in [6.07, 6.45) is -2.84. The van der Waals surface area contributed by atoms with Crippen LogP contribution in [0.25, 0.3) is 16.8 Å². The van der Waals surface area contributed by atoms with Crippen LogP contribution in [0.15, 0.2) is 79.0 Å². The number of rotatable bonds is 6. The molecule has 0 N–H and O–H groups in total. The highest BCUT2D eigenvalue weighted by Gasteiger charge is 2.30. The number of ether oxygens (including phenoxy) is 1. The number of halogens is 3. The van der Waals surface area contributed by atoms with Gasteiger partial charge in [0.25, 0.3) is 0 Å². The minimum atomic E-state index is -4.41. The predicted molar refractivity (Wildman–Crippen MR) is 111 cm³/mol. The molecule has 0 atom stereocenters. The van der Waals surface area contributed by atoms with Gasteiger partial charge in [0.15, 0.2) is 0 Å². The molecule has 1 aromatic heterocycles. The average molecular weight is 423 g/mol. The molecule has 0 bridgehead atoms. The number of hydrogen-bond donors (Lipinski definition) is 0. The second-order valence-electron chi connectivity index (χ2n) is 7.15. The van der Waals surface area contributed by atoms with Crippen LogP contribution in [-0.2, 0) is 24.1 Å². The molecule has 4 aromatic rings. The molecule has 0 saturated carbocycles. The van der Waals surface area contributed by atoms with E-state index in [2.05, 4.69) is 35.4 Å². The Hall–Kier alpha value is -3.45. The second-order valence-corrected chi connectivity index (χ2v) is 7.15. The number of hydrogen-bond acceptors (Lipinski definition) is 3. The van der Waals surface area contributed by atoms with Crippen molar-refractivity contribution >= 4 is 0 Å². The van der Waals surface area contributed by atoms with Crippen LogP contribution < -0.4 is 0 Å². The van der Waals surface area contributed by atoms with Gasteiger partial charge in [-0.25, -0.2) is 4.68 Å². The molecule has 0 aliphatic rings. The van der Waals surface area contributed by atoms with Gasteiger partial charge in [-0.3, -0.25) is 0 Å².